The van der Waals surface area contributed by atoms with Gasteiger partial charge in [0.1, 0.15) is 11.4 Å². The fourth-order valence-electron chi connectivity index (χ4n) is 2.88. The molecule has 0 atom stereocenters. The summed E-state index contributed by atoms with van der Waals surface area (Å²) in [6.45, 7) is 5.38. The Morgan fingerprint density at radius 3 is 2.53 bits per heavy atom. The number of terminal acetylenes is 1. The largest absolute Gasteiger partial charge is 0.443 e. The second-order valence-electron chi connectivity index (χ2n) is 8.62. The van der Waals surface area contributed by atoms with Crippen molar-refractivity contribution in [1.29, 1.82) is 0 Å². The van der Waals surface area contributed by atoms with Gasteiger partial charge in [-0.25, -0.2) is 14.3 Å². The van der Waals surface area contributed by atoms with Crippen molar-refractivity contribution in [3.05, 3.63) is 58.2 Å². The Morgan fingerprint density at radius 1 is 1.21 bits per heavy atom. The van der Waals surface area contributed by atoms with Crippen molar-refractivity contribution in [2.24, 2.45) is 5.11 Å². The molecule has 34 heavy (non-hydrogen) atoms. The highest BCUT2D eigenvalue weighted by atomic mass is 16.6. The molecule has 9 heteroatoms. The van der Waals surface area contributed by atoms with Crippen LogP contribution in [-0.4, -0.2) is 33.6 Å². The number of hydrogen-bond donors (Lipinski definition) is 1. The van der Waals surface area contributed by atoms with Crippen LogP contribution in [-0.2, 0) is 22.4 Å². The predicted molar refractivity (Wildman–Crippen MR) is 133 cm³/mol. The molecule has 2 aromatic rings. The summed E-state index contributed by atoms with van der Waals surface area (Å²) in [5.41, 5.74) is 15.2. The van der Waals surface area contributed by atoms with Crippen LogP contribution in [0.4, 0.5) is 10.7 Å². The number of ether oxygens (including phenoxy) is 1. The summed E-state index contributed by atoms with van der Waals surface area (Å²) in [4.78, 5) is 29.6. The molecule has 0 fully saturated rings. The zero-order chi connectivity index (χ0) is 25.4. The monoisotopic (exact) mass is 466 g/mol. The third-order valence-electron chi connectivity index (χ3n) is 4.45. The Kier molecular flexibility index (Phi) is 12.6. The summed E-state index contributed by atoms with van der Waals surface area (Å²) >= 11 is 0. The van der Waals surface area contributed by atoms with E-state index in [1.165, 1.54) is 10.1 Å². The molecular formula is C25H34N6O3. The van der Waals surface area contributed by atoms with Gasteiger partial charge >= 0.3 is 6.09 Å². The molecule has 1 aromatic carbocycles. The number of Topliss-reactive ketones (excluding diaryl/α,β-unsaturated/α-hetero) is 1. The van der Waals surface area contributed by atoms with Gasteiger partial charge in [0.25, 0.3) is 0 Å². The van der Waals surface area contributed by atoms with E-state index in [0.29, 0.717) is 19.3 Å². The quantitative estimate of drug-likeness (QED) is 0.162. The molecule has 0 radical (unpaired) electrons. The summed E-state index contributed by atoms with van der Waals surface area (Å²) in [5, 5.41) is 3.24. The number of azide groups is 1. The summed E-state index contributed by atoms with van der Waals surface area (Å²) in [7, 11) is 0. The molecule has 0 saturated heterocycles. The third kappa shape index (κ3) is 12.3. The van der Waals surface area contributed by atoms with Gasteiger partial charge in [0.2, 0.25) is 5.95 Å². The van der Waals surface area contributed by atoms with Gasteiger partial charge in [-0.05, 0) is 64.0 Å². The second kappa shape index (κ2) is 15.1. The highest BCUT2D eigenvalue weighted by Crippen LogP contribution is 2.13. The number of unbranched alkanes of at least 4 members (excludes halogenated alkanes) is 2. The summed E-state index contributed by atoms with van der Waals surface area (Å²) in [5.74, 6) is 2.71. The molecule has 0 aliphatic rings. The van der Waals surface area contributed by atoms with Crippen molar-refractivity contribution in [1.82, 2.24) is 9.55 Å². The minimum Gasteiger partial charge on any atom is -0.443 e. The minimum absolute atomic E-state index is 0.0121. The van der Waals surface area contributed by atoms with Gasteiger partial charge in [-0.15, -0.1) is 12.3 Å². The van der Waals surface area contributed by atoms with E-state index < -0.39 is 11.7 Å². The lowest BCUT2D eigenvalue weighted by Gasteiger charge is -2.19. The highest BCUT2D eigenvalue weighted by molar-refractivity contribution is 5.80. The zero-order valence-electron chi connectivity index (χ0n) is 20.2. The molecular weight excluding hydrogens is 432 g/mol. The molecule has 0 unspecified atom stereocenters. The summed E-state index contributed by atoms with van der Waals surface area (Å²) in [6.07, 6.45) is 11.8. The summed E-state index contributed by atoms with van der Waals surface area (Å²) < 4.78 is 6.43. The number of ketones is 1. The number of aryl methyl sites for hydroxylation is 2. The van der Waals surface area contributed by atoms with Gasteiger partial charge in [-0.2, -0.15) is 0 Å². The first-order valence-electron chi connectivity index (χ1n) is 11.2. The number of carbonyl (C=O) groups excluding carboxylic acids is 2. The van der Waals surface area contributed by atoms with Crippen molar-refractivity contribution >= 4 is 17.8 Å². The first-order valence-corrected chi connectivity index (χ1v) is 11.2. The molecule has 2 N–H and O–H groups in total. The maximum absolute atomic E-state index is 11.8. The van der Waals surface area contributed by atoms with Crippen LogP contribution in [0.2, 0.25) is 0 Å². The lowest BCUT2D eigenvalue weighted by molar-refractivity contribution is -0.117. The summed E-state index contributed by atoms with van der Waals surface area (Å²) in [6, 6.07) is 10.2. The van der Waals surface area contributed by atoms with E-state index in [0.717, 1.165) is 31.4 Å². The van der Waals surface area contributed by atoms with E-state index in [-0.39, 0.29) is 18.3 Å². The number of imidazole rings is 1. The van der Waals surface area contributed by atoms with Gasteiger partial charge in [-0.3, -0.25) is 4.79 Å². The zero-order valence-corrected chi connectivity index (χ0v) is 20.2. The molecule has 1 aromatic heterocycles. The fourth-order valence-corrected chi connectivity index (χ4v) is 2.88. The number of rotatable bonds is 10. The van der Waals surface area contributed by atoms with Crippen molar-refractivity contribution in [2.45, 2.75) is 71.3 Å². The fraction of sp³-hybridized carbons (Fsp3) is 0.480. The van der Waals surface area contributed by atoms with E-state index in [9.17, 15) is 9.59 Å². The molecule has 0 saturated carbocycles. The molecule has 0 aliphatic heterocycles. The van der Waals surface area contributed by atoms with E-state index in [1.54, 1.807) is 27.0 Å². The maximum atomic E-state index is 11.8. The van der Waals surface area contributed by atoms with Crippen LogP contribution in [0.5, 0.6) is 0 Å². The second-order valence-corrected chi connectivity index (χ2v) is 8.62. The average molecular weight is 467 g/mol. The van der Waals surface area contributed by atoms with Crippen molar-refractivity contribution < 1.29 is 14.3 Å². The van der Waals surface area contributed by atoms with Crippen molar-refractivity contribution in [3.8, 4) is 12.3 Å². The smallest absolute Gasteiger partial charge is 0.421 e. The molecule has 1 heterocycles. The Labute approximate surface area is 201 Å². The van der Waals surface area contributed by atoms with Gasteiger partial charge in [0.15, 0.2) is 0 Å². The Balaban J connectivity index is 0.000000342. The molecule has 0 spiro atoms. The lowest BCUT2D eigenvalue weighted by Crippen LogP contribution is -2.27. The van der Waals surface area contributed by atoms with E-state index in [4.69, 9.17) is 22.4 Å². The molecule has 2 rings (SSSR count). The normalized spacial score (nSPS) is 10.3. The van der Waals surface area contributed by atoms with Gasteiger partial charge in [0.05, 0.1) is 12.2 Å². The number of carbonyl (C=O) groups is 2. The Bertz CT molecular complexity index is 996. The van der Waals surface area contributed by atoms with Gasteiger partial charge in [0, 0.05) is 24.0 Å². The number of nitrogen functional groups attached to an aromatic ring is 1. The Morgan fingerprint density at radius 2 is 1.91 bits per heavy atom. The maximum Gasteiger partial charge on any atom is 0.421 e. The first kappa shape index (κ1) is 28.3. The molecule has 0 aliphatic carbocycles. The third-order valence-corrected chi connectivity index (χ3v) is 4.45. The van der Waals surface area contributed by atoms with Crippen molar-refractivity contribution in [2.75, 3.05) is 12.3 Å². The number of anilines is 1. The molecule has 0 amide bonds. The van der Waals surface area contributed by atoms with Crippen LogP contribution in [0.1, 0.15) is 64.1 Å². The van der Waals surface area contributed by atoms with Crippen molar-refractivity contribution in [3.63, 3.8) is 0 Å². The van der Waals surface area contributed by atoms with E-state index in [2.05, 4.69) is 33.1 Å². The molecule has 9 nitrogen and oxygen atoms in total. The topological polar surface area (TPSA) is 136 Å². The van der Waals surface area contributed by atoms with Gasteiger partial charge < -0.3 is 10.5 Å². The average Bonchev–Trinajstić information content (AvgIpc) is 3.16. The first-order chi connectivity index (χ1) is 16.2. The SMILES string of the molecule is C#CCCCc1cn(C(=O)OC(C)(C)C)c(N)n1.[N-]=[N+]=NCC(=O)CCCCc1ccccc1. The number of aromatic nitrogens is 2. The minimum atomic E-state index is -0.558. The van der Waals surface area contributed by atoms with Crippen LogP contribution in [0.25, 0.3) is 10.4 Å². The lowest BCUT2D eigenvalue weighted by atomic mass is 10.1. The van der Waals surface area contributed by atoms with Crippen LogP contribution in [0.15, 0.2) is 41.6 Å². The van der Waals surface area contributed by atoms with Crippen LogP contribution >= 0.6 is 0 Å². The van der Waals surface area contributed by atoms with Gasteiger partial charge in [-0.1, -0.05) is 35.4 Å². The Hall–Kier alpha value is -3.76. The highest BCUT2D eigenvalue weighted by Gasteiger charge is 2.20. The van der Waals surface area contributed by atoms with Crippen LogP contribution < -0.4 is 5.73 Å². The predicted octanol–water partition coefficient (Wildman–Crippen LogP) is 5.48. The van der Waals surface area contributed by atoms with Crippen LogP contribution in [0.3, 0.4) is 0 Å². The number of hydrogen-bond acceptors (Lipinski definition) is 6. The number of nitrogens with two attached hydrogens (primary N) is 1. The van der Waals surface area contributed by atoms with E-state index >= 15 is 0 Å². The van der Waals surface area contributed by atoms with E-state index in [1.807, 2.05) is 18.2 Å². The standard InChI is InChI=1S/C13H19N3O2.C12H15N3O/c1-5-6-7-8-10-9-16(11(14)15-10)12(17)18-13(2,3)4;13-15-14-10-12(16)9-5-4-8-11-6-2-1-3-7-11/h1,9H,6-8H2,2-4H3,(H2,14,15);1-3,6-7H,4-5,8-10H2. The van der Waals surface area contributed by atoms with Crippen LogP contribution in [0, 0.1) is 12.3 Å². The molecule has 0 bridgehead atoms. The number of benzene rings is 1. The number of nitrogens with zero attached hydrogens (tertiary/aromatic N) is 5. The molecule has 182 valence electrons.